The lowest BCUT2D eigenvalue weighted by molar-refractivity contribution is -0.385. The number of nitrogens with zero attached hydrogens (tertiary/aromatic N) is 1. The number of nitro groups is 1. The molecule has 0 bridgehead atoms. The third-order valence-corrected chi connectivity index (χ3v) is 2.78. The topological polar surface area (TPSA) is 87.6 Å². The summed E-state index contributed by atoms with van der Waals surface area (Å²) in [5, 5.41) is 11.0. The molecule has 0 unspecified atom stereocenters. The van der Waals surface area contributed by atoms with Crippen molar-refractivity contribution in [2.24, 2.45) is 0 Å². The molecule has 0 atom stereocenters. The molecule has 0 amide bonds. The number of methoxy groups -OCH3 is 1. The summed E-state index contributed by atoms with van der Waals surface area (Å²) in [6.07, 6.45) is 0. The van der Waals surface area contributed by atoms with Gasteiger partial charge < -0.3 is 15.2 Å². The summed E-state index contributed by atoms with van der Waals surface area (Å²) < 4.78 is 10.7. The molecule has 20 heavy (non-hydrogen) atoms. The molecule has 0 aliphatic rings. The molecule has 2 N–H and O–H groups in total. The first kappa shape index (κ1) is 13.7. The molecule has 0 spiro atoms. The molecule has 2 rings (SSSR count). The van der Waals surface area contributed by atoms with Gasteiger partial charge in [0.25, 0.3) is 0 Å². The van der Waals surface area contributed by atoms with Crippen LogP contribution in [0.2, 0.25) is 0 Å². The van der Waals surface area contributed by atoms with Crippen molar-refractivity contribution in [1.29, 1.82) is 0 Å². The fraction of sp³-hybridized carbons (Fsp3) is 0.143. The number of nitrogens with two attached hydrogens (primary N) is 1. The highest BCUT2D eigenvalue weighted by molar-refractivity contribution is 5.54. The summed E-state index contributed by atoms with van der Waals surface area (Å²) in [5.74, 6) is 1.12. The second-order valence-corrected chi connectivity index (χ2v) is 4.22. The maximum absolute atomic E-state index is 11.0. The van der Waals surface area contributed by atoms with E-state index in [2.05, 4.69) is 0 Å². The van der Waals surface area contributed by atoms with Gasteiger partial charge in [-0.25, -0.2) is 0 Å². The zero-order valence-corrected chi connectivity index (χ0v) is 11.1. The van der Waals surface area contributed by atoms with E-state index in [0.29, 0.717) is 17.2 Å². The molecular formula is C14H14N2O4. The number of ether oxygens (including phenoxy) is 2. The summed E-state index contributed by atoms with van der Waals surface area (Å²) in [5.41, 5.74) is 6.94. The average Bonchev–Trinajstić information content (AvgIpc) is 2.41. The smallest absolute Gasteiger partial charge is 0.311 e. The molecule has 2 aromatic carbocycles. The third-order valence-electron chi connectivity index (χ3n) is 2.78. The lowest BCUT2D eigenvalue weighted by Gasteiger charge is -2.10. The van der Waals surface area contributed by atoms with Crippen molar-refractivity contribution in [1.82, 2.24) is 0 Å². The molecule has 2 aromatic rings. The quantitative estimate of drug-likeness (QED) is 0.525. The van der Waals surface area contributed by atoms with Gasteiger partial charge in [-0.05, 0) is 36.8 Å². The van der Waals surface area contributed by atoms with Crippen LogP contribution < -0.4 is 15.2 Å². The van der Waals surface area contributed by atoms with Gasteiger partial charge in [-0.15, -0.1) is 0 Å². The van der Waals surface area contributed by atoms with Gasteiger partial charge in [0.05, 0.1) is 12.0 Å². The predicted molar refractivity (Wildman–Crippen MR) is 75.3 cm³/mol. The minimum absolute atomic E-state index is 0.123. The Labute approximate surface area is 115 Å². The Balaban J connectivity index is 2.43. The maximum Gasteiger partial charge on any atom is 0.311 e. The van der Waals surface area contributed by atoms with Crippen molar-refractivity contribution >= 4 is 11.4 Å². The molecule has 6 heteroatoms. The Kier molecular flexibility index (Phi) is 3.74. The molecule has 0 heterocycles. The van der Waals surface area contributed by atoms with Gasteiger partial charge in [-0.2, -0.15) is 0 Å². The summed E-state index contributed by atoms with van der Waals surface area (Å²) in [4.78, 5) is 10.5. The molecule has 0 aliphatic heterocycles. The Bertz CT molecular complexity index is 656. The number of rotatable bonds is 4. The summed E-state index contributed by atoms with van der Waals surface area (Å²) in [6, 6.07) is 9.43. The van der Waals surface area contributed by atoms with Crippen LogP contribution in [-0.2, 0) is 0 Å². The number of benzene rings is 2. The monoisotopic (exact) mass is 274 g/mol. The van der Waals surface area contributed by atoms with Gasteiger partial charge in [0, 0.05) is 17.8 Å². The number of hydrogen-bond acceptors (Lipinski definition) is 5. The van der Waals surface area contributed by atoms with E-state index in [1.807, 2.05) is 6.92 Å². The normalized spacial score (nSPS) is 10.1. The van der Waals surface area contributed by atoms with Crippen LogP contribution >= 0.6 is 0 Å². The molecule has 6 nitrogen and oxygen atoms in total. The SMILES string of the molecule is COc1ccc([N+](=O)[O-])c(Oc2ccc(N)cc2C)c1. The van der Waals surface area contributed by atoms with Crippen molar-refractivity contribution < 1.29 is 14.4 Å². The lowest BCUT2D eigenvalue weighted by atomic mass is 10.2. The zero-order chi connectivity index (χ0) is 14.7. The van der Waals surface area contributed by atoms with Gasteiger partial charge in [0.2, 0.25) is 5.75 Å². The van der Waals surface area contributed by atoms with E-state index in [0.717, 1.165) is 5.56 Å². The average molecular weight is 274 g/mol. The summed E-state index contributed by atoms with van der Waals surface area (Å²) in [7, 11) is 1.49. The minimum Gasteiger partial charge on any atom is -0.497 e. The maximum atomic E-state index is 11.0. The first-order valence-electron chi connectivity index (χ1n) is 5.87. The van der Waals surface area contributed by atoms with Crippen molar-refractivity contribution in [2.75, 3.05) is 12.8 Å². The predicted octanol–water partition coefficient (Wildman–Crippen LogP) is 3.29. The van der Waals surface area contributed by atoms with E-state index in [1.165, 1.54) is 25.3 Å². The van der Waals surface area contributed by atoms with E-state index < -0.39 is 4.92 Å². The lowest BCUT2D eigenvalue weighted by Crippen LogP contribution is -1.96. The second kappa shape index (κ2) is 5.48. The van der Waals surface area contributed by atoms with Gasteiger partial charge in [-0.1, -0.05) is 0 Å². The largest absolute Gasteiger partial charge is 0.497 e. The van der Waals surface area contributed by atoms with E-state index >= 15 is 0 Å². The van der Waals surface area contributed by atoms with Crippen molar-refractivity contribution in [2.45, 2.75) is 6.92 Å². The van der Waals surface area contributed by atoms with E-state index in [-0.39, 0.29) is 11.4 Å². The molecule has 0 saturated heterocycles. The first-order chi connectivity index (χ1) is 9.51. The molecule has 0 saturated carbocycles. The van der Waals surface area contributed by atoms with E-state index in [9.17, 15) is 10.1 Å². The van der Waals surface area contributed by atoms with Gasteiger partial charge in [0.15, 0.2) is 0 Å². The Morgan fingerprint density at radius 3 is 2.50 bits per heavy atom. The number of anilines is 1. The van der Waals surface area contributed by atoms with E-state index in [1.54, 1.807) is 18.2 Å². The summed E-state index contributed by atoms with van der Waals surface area (Å²) in [6.45, 7) is 1.82. The highest BCUT2D eigenvalue weighted by atomic mass is 16.6. The van der Waals surface area contributed by atoms with Crippen molar-refractivity contribution in [3.63, 3.8) is 0 Å². The number of nitro benzene ring substituents is 1. The van der Waals surface area contributed by atoms with Crippen LogP contribution in [0.15, 0.2) is 36.4 Å². The van der Waals surface area contributed by atoms with E-state index in [4.69, 9.17) is 15.2 Å². The zero-order valence-electron chi connectivity index (χ0n) is 11.1. The molecule has 0 fully saturated rings. The Morgan fingerprint density at radius 2 is 1.90 bits per heavy atom. The Hall–Kier alpha value is -2.76. The van der Waals surface area contributed by atoms with Crippen LogP contribution in [0.4, 0.5) is 11.4 Å². The van der Waals surface area contributed by atoms with Gasteiger partial charge >= 0.3 is 5.69 Å². The molecule has 104 valence electrons. The summed E-state index contributed by atoms with van der Waals surface area (Å²) >= 11 is 0. The van der Waals surface area contributed by atoms with Crippen LogP contribution in [0.3, 0.4) is 0 Å². The highest BCUT2D eigenvalue weighted by Gasteiger charge is 2.17. The number of nitrogen functional groups attached to an aromatic ring is 1. The number of hydrogen-bond donors (Lipinski definition) is 1. The standard InChI is InChI=1S/C14H14N2O4/c1-9-7-10(15)3-6-13(9)20-14-8-11(19-2)4-5-12(14)16(17)18/h3-8H,15H2,1-2H3. The third kappa shape index (κ3) is 2.80. The molecular weight excluding hydrogens is 260 g/mol. The minimum atomic E-state index is -0.499. The fourth-order valence-corrected chi connectivity index (χ4v) is 1.76. The Morgan fingerprint density at radius 1 is 1.15 bits per heavy atom. The highest BCUT2D eigenvalue weighted by Crippen LogP contribution is 2.36. The van der Waals surface area contributed by atoms with Gasteiger partial charge in [0.1, 0.15) is 11.5 Å². The van der Waals surface area contributed by atoms with Crippen LogP contribution in [0, 0.1) is 17.0 Å². The first-order valence-corrected chi connectivity index (χ1v) is 5.87. The van der Waals surface area contributed by atoms with Crippen molar-refractivity contribution in [3.8, 4) is 17.2 Å². The van der Waals surface area contributed by atoms with Crippen LogP contribution in [0.1, 0.15) is 5.56 Å². The second-order valence-electron chi connectivity index (χ2n) is 4.22. The van der Waals surface area contributed by atoms with Crippen molar-refractivity contribution in [3.05, 3.63) is 52.1 Å². The van der Waals surface area contributed by atoms with Crippen LogP contribution in [0.25, 0.3) is 0 Å². The van der Waals surface area contributed by atoms with Gasteiger partial charge in [-0.3, -0.25) is 10.1 Å². The molecule has 0 aliphatic carbocycles. The molecule has 0 radical (unpaired) electrons. The van der Waals surface area contributed by atoms with Crippen LogP contribution in [0.5, 0.6) is 17.2 Å². The molecule has 0 aromatic heterocycles. The number of aryl methyl sites for hydroxylation is 1. The van der Waals surface area contributed by atoms with Crippen LogP contribution in [-0.4, -0.2) is 12.0 Å². The fourth-order valence-electron chi connectivity index (χ4n) is 1.76.